The Bertz CT molecular complexity index is 693. The first-order chi connectivity index (χ1) is 11.5. The molecule has 25 heavy (non-hydrogen) atoms. The van der Waals surface area contributed by atoms with E-state index in [0.717, 1.165) is 43.9 Å². The van der Waals surface area contributed by atoms with Crippen LogP contribution in [0, 0.1) is 18.9 Å². The quantitative estimate of drug-likeness (QED) is 0.477. The number of likely N-dealkylation sites (tertiary alicyclic amines) is 1. The van der Waals surface area contributed by atoms with Crippen LogP contribution in [0.3, 0.4) is 0 Å². The number of piperidine rings is 2. The van der Waals surface area contributed by atoms with Crippen LogP contribution in [-0.4, -0.2) is 43.4 Å². The maximum atomic E-state index is 12.7. The standard InChI is InChI=1S/C19H24N3O2.K/c1-20-8-7-14-12-22(19(24)9-15(14)11-20)16-5-3-13-4-6-18(23)21(2)17(13)10-16;/h3,5,10,14-15H,1,4,6-9,11-12H2,2H3;/q-1;+1/t14?,15-;/m1./s1. The molecule has 0 aliphatic carbocycles. The average Bonchev–Trinajstić information content (AvgIpc) is 2.57. The Hall–Kier alpha value is -0.244. The van der Waals surface area contributed by atoms with Gasteiger partial charge in [0.2, 0.25) is 11.8 Å². The van der Waals surface area contributed by atoms with Crippen LogP contribution in [0.25, 0.3) is 0 Å². The van der Waals surface area contributed by atoms with Gasteiger partial charge in [-0.15, -0.1) is 0 Å². The van der Waals surface area contributed by atoms with E-state index in [1.165, 1.54) is 5.56 Å². The minimum Gasteiger partial charge on any atom is -0.459 e. The number of anilines is 2. The predicted molar refractivity (Wildman–Crippen MR) is 93.7 cm³/mol. The Morgan fingerprint density at radius 2 is 1.88 bits per heavy atom. The molecule has 5 nitrogen and oxygen atoms in total. The zero-order chi connectivity index (χ0) is 16.8. The summed E-state index contributed by atoms with van der Waals surface area (Å²) in [7, 11) is 5.85. The van der Waals surface area contributed by atoms with E-state index < -0.39 is 0 Å². The van der Waals surface area contributed by atoms with E-state index in [0.29, 0.717) is 24.7 Å². The summed E-state index contributed by atoms with van der Waals surface area (Å²) in [6.45, 7) is 2.71. The Labute approximate surface area is 192 Å². The van der Waals surface area contributed by atoms with Crippen molar-refractivity contribution in [2.75, 3.05) is 36.5 Å². The maximum absolute atomic E-state index is 12.7. The van der Waals surface area contributed by atoms with Crippen LogP contribution in [0.4, 0.5) is 11.4 Å². The first kappa shape index (κ1) is 19.5. The third-order valence-electron chi connectivity index (χ3n) is 5.85. The molecule has 0 N–H and O–H groups in total. The summed E-state index contributed by atoms with van der Waals surface area (Å²) in [6.07, 6.45) is 3.05. The van der Waals surface area contributed by atoms with Crippen LogP contribution < -0.4 is 61.2 Å². The van der Waals surface area contributed by atoms with Gasteiger partial charge in [-0.05, 0) is 55.5 Å². The number of hydrogen-bond donors (Lipinski definition) is 0. The largest absolute Gasteiger partial charge is 1.00 e. The monoisotopic (exact) mass is 365 g/mol. The molecule has 0 spiro atoms. The van der Waals surface area contributed by atoms with Gasteiger partial charge in [0.1, 0.15) is 0 Å². The number of carbonyl (C=O) groups excluding carboxylic acids is 2. The summed E-state index contributed by atoms with van der Waals surface area (Å²) in [6, 6.07) is 6.13. The number of hydrogen-bond acceptors (Lipinski definition) is 3. The molecule has 2 saturated heterocycles. The molecule has 4 rings (SSSR count). The third-order valence-corrected chi connectivity index (χ3v) is 5.85. The van der Waals surface area contributed by atoms with Crippen molar-refractivity contribution in [2.45, 2.75) is 25.7 Å². The molecule has 3 aliphatic rings. The van der Waals surface area contributed by atoms with Gasteiger partial charge >= 0.3 is 51.4 Å². The number of nitrogens with zero attached hydrogens (tertiary/aromatic N) is 3. The van der Waals surface area contributed by atoms with E-state index in [9.17, 15) is 9.59 Å². The molecular formula is C19H24KN3O2. The maximum Gasteiger partial charge on any atom is 1.00 e. The molecule has 6 heteroatoms. The molecule has 1 unspecified atom stereocenters. The normalized spacial score (nSPS) is 26.8. The fourth-order valence-corrected chi connectivity index (χ4v) is 4.34. The van der Waals surface area contributed by atoms with Crippen LogP contribution >= 0.6 is 0 Å². The molecule has 1 aromatic carbocycles. The van der Waals surface area contributed by atoms with Gasteiger partial charge in [0.15, 0.2) is 0 Å². The fourth-order valence-electron chi connectivity index (χ4n) is 4.34. The number of amides is 2. The molecule has 2 atom stereocenters. The van der Waals surface area contributed by atoms with Gasteiger partial charge in [-0.2, -0.15) is 0 Å². The minimum atomic E-state index is 0. The predicted octanol–water partition coefficient (Wildman–Crippen LogP) is -0.934. The van der Waals surface area contributed by atoms with Crippen LogP contribution in [0.2, 0.25) is 0 Å². The van der Waals surface area contributed by atoms with Crippen LogP contribution in [0.1, 0.15) is 24.8 Å². The Morgan fingerprint density at radius 1 is 1.08 bits per heavy atom. The van der Waals surface area contributed by atoms with Gasteiger partial charge in [0.25, 0.3) is 0 Å². The second-order valence-electron chi connectivity index (χ2n) is 7.36. The summed E-state index contributed by atoms with van der Waals surface area (Å²) in [5.41, 5.74) is 3.07. The Kier molecular flexibility index (Phi) is 6.08. The fraction of sp³-hybridized carbons (Fsp3) is 0.526. The summed E-state index contributed by atoms with van der Waals surface area (Å²) in [5, 5.41) is 0. The topological polar surface area (TPSA) is 43.9 Å². The molecule has 0 bridgehead atoms. The van der Waals surface area contributed by atoms with Crippen molar-refractivity contribution < 1.29 is 61.0 Å². The van der Waals surface area contributed by atoms with E-state index in [1.807, 2.05) is 24.1 Å². The molecule has 0 aromatic heterocycles. The molecule has 2 fully saturated rings. The summed E-state index contributed by atoms with van der Waals surface area (Å²) in [4.78, 5) is 30.4. The molecule has 2 amide bonds. The Balaban J connectivity index is 0.00000182. The van der Waals surface area contributed by atoms with Crippen LogP contribution in [-0.2, 0) is 16.0 Å². The van der Waals surface area contributed by atoms with Crippen molar-refractivity contribution in [2.24, 2.45) is 11.8 Å². The SMILES string of the molecule is [CH2-]N1CCC2CN(c3ccc4c(c3)N(C)C(=O)CC4)C(=O)C[C@@H]2C1.[K+]. The van der Waals surface area contributed by atoms with Crippen LogP contribution in [0.15, 0.2) is 18.2 Å². The van der Waals surface area contributed by atoms with Crippen molar-refractivity contribution in [1.82, 2.24) is 4.90 Å². The molecule has 3 heterocycles. The molecular weight excluding hydrogens is 341 g/mol. The summed E-state index contributed by atoms with van der Waals surface area (Å²) >= 11 is 0. The summed E-state index contributed by atoms with van der Waals surface area (Å²) in [5.74, 6) is 1.32. The molecule has 1 aromatic rings. The third kappa shape index (κ3) is 3.75. The van der Waals surface area contributed by atoms with Gasteiger partial charge in [0.05, 0.1) is 0 Å². The zero-order valence-corrected chi connectivity index (χ0v) is 18.3. The second kappa shape index (κ2) is 7.78. The number of fused-ring (bicyclic) bond motifs is 2. The summed E-state index contributed by atoms with van der Waals surface area (Å²) < 4.78 is 0. The number of benzene rings is 1. The van der Waals surface area contributed by atoms with Crippen molar-refractivity contribution in [3.63, 3.8) is 0 Å². The van der Waals surface area contributed by atoms with Crippen molar-refractivity contribution in [1.29, 1.82) is 0 Å². The first-order valence-corrected chi connectivity index (χ1v) is 8.78. The van der Waals surface area contributed by atoms with Gasteiger partial charge < -0.3 is 14.7 Å². The molecule has 3 aliphatic heterocycles. The van der Waals surface area contributed by atoms with E-state index >= 15 is 0 Å². The zero-order valence-electron chi connectivity index (χ0n) is 15.2. The van der Waals surface area contributed by atoms with E-state index in [4.69, 9.17) is 0 Å². The molecule has 0 saturated carbocycles. The minimum absolute atomic E-state index is 0. The smallest absolute Gasteiger partial charge is 0.459 e. The van der Waals surface area contributed by atoms with Gasteiger partial charge in [0, 0.05) is 37.8 Å². The van der Waals surface area contributed by atoms with Crippen molar-refractivity contribution in [3.8, 4) is 0 Å². The second-order valence-corrected chi connectivity index (χ2v) is 7.36. The Morgan fingerprint density at radius 3 is 2.68 bits per heavy atom. The number of rotatable bonds is 1. The van der Waals surface area contributed by atoms with Crippen LogP contribution in [0.5, 0.6) is 0 Å². The number of aryl methyl sites for hydroxylation is 1. The van der Waals surface area contributed by atoms with Gasteiger partial charge in [-0.3, -0.25) is 16.6 Å². The van der Waals surface area contributed by atoms with Gasteiger partial charge in [-0.1, -0.05) is 6.07 Å². The van der Waals surface area contributed by atoms with E-state index in [1.54, 1.807) is 4.90 Å². The van der Waals surface area contributed by atoms with Crippen molar-refractivity contribution in [3.05, 3.63) is 30.8 Å². The number of carbonyl (C=O) groups is 2. The molecule has 128 valence electrons. The first-order valence-electron chi connectivity index (χ1n) is 8.78. The molecule has 0 radical (unpaired) electrons. The van der Waals surface area contributed by atoms with E-state index in [2.05, 4.69) is 18.0 Å². The van der Waals surface area contributed by atoms with Crippen molar-refractivity contribution >= 4 is 23.2 Å². The average molecular weight is 366 g/mol. The van der Waals surface area contributed by atoms with E-state index in [-0.39, 0.29) is 63.2 Å². The van der Waals surface area contributed by atoms with Gasteiger partial charge in [-0.25, -0.2) is 0 Å².